The van der Waals surface area contributed by atoms with Crippen LogP contribution in [0.3, 0.4) is 0 Å². The number of amides is 1. The number of benzene rings is 1. The van der Waals surface area contributed by atoms with Crippen LogP contribution in [-0.4, -0.2) is 18.1 Å². The van der Waals surface area contributed by atoms with Crippen LogP contribution in [0.1, 0.15) is 11.1 Å². The quantitative estimate of drug-likeness (QED) is 0.711. The van der Waals surface area contributed by atoms with Gasteiger partial charge in [0.15, 0.2) is 0 Å². The highest BCUT2D eigenvalue weighted by atomic mass is 16.3. The van der Waals surface area contributed by atoms with Crippen molar-refractivity contribution >= 4 is 5.91 Å². The zero-order valence-electron chi connectivity index (χ0n) is 7.79. The van der Waals surface area contributed by atoms with Crippen molar-refractivity contribution < 1.29 is 9.90 Å². The van der Waals surface area contributed by atoms with E-state index in [2.05, 4.69) is 5.32 Å². The van der Waals surface area contributed by atoms with E-state index in [1.807, 2.05) is 13.0 Å². The van der Waals surface area contributed by atoms with Gasteiger partial charge in [-0.1, -0.05) is 12.1 Å². The Morgan fingerprint density at radius 3 is 2.77 bits per heavy atom. The standard InChI is InChI=1S/C10H13NO2/c1-7-5-8(3-4-9(7)12)6-10(13)11-2/h3-5,12H,6H2,1-2H3,(H,11,13). The molecule has 13 heavy (non-hydrogen) atoms. The van der Waals surface area contributed by atoms with E-state index in [9.17, 15) is 9.90 Å². The van der Waals surface area contributed by atoms with Crippen molar-refractivity contribution in [2.75, 3.05) is 7.05 Å². The number of carbonyl (C=O) groups is 1. The van der Waals surface area contributed by atoms with Crippen LogP contribution in [0, 0.1) is 6.92 Å². The first-order valence-electron chi connectivity index (χ1n) is 4.12. The third-order valence-electron chi connectivity index (χ3n) is 1.90. The highest BCUT2D eigenvalue weighted by Gasteiger charge is 2.02. The van der Waals surface area contributed by atoms with Gasteiger partial charge in [-0.25, -0.2) is 0 Å². The second kappa shape index (κ2) is 3.94. The van der Waals surface area contributed by atoms with Crippen molar-refractivity contribution in [1.82, 2.24) is 5.32 Å². The van der Waals surface area contributed by atoms with Crippen LogP contribution >= 0.6 is 0 Å². The van der Waals surface area contributed by atoms with Crippen molar-refractivity contribution in [1.29, 1.82) is 0 Å². The first-order valence-corrected chi connectivity index (χ1v) is 4.12. The van der Waals surface area contributed by atoms with E-state index >= 15 is 0 Å². The normalized spacial score (nSPS) is 9.69. The summed E-state index contributed by atoms with van der Waals surface area (Å²) in [6.07, 6.45) is 0.359. The summed E-state index contributed by atoms with van der Waals surface area (Å²) in [6, 6.07) is 5.16. The number of aryl methyl sites for hydroxylation is 1. The Labute approximate surface area is 77.4 Å². The zero-order chi connectivity index (χ0) is 9.84. The molecule has 1 rings (SSSR count). The predicted molar refractivity (Wildman–Crippen MR) is 50.6 cm³/mol. The first-order chi connectivity index (χ1) is 6.13. The van der Waals surface area contributed by atoms with Crippen molar-refractivity contribution in [3.63, 3.8) is 0 Å². The number of phenols is 1. The summed E-state index contributed by atoms with van der Waals surface area (Å²) in [6.45, 7) is 1.81. The van der Waals surface area contributed by atoms with Gasteiger partial charge < -0.3 is 10.4 Å². The Bertz CT molecular complexity index is 321. The number of aromatic hydroxyl groups is 1. The van der Waals surface area contributed by atoms with Gasteiger partial charge in [-0.2, -0.15) is 0 Å². The first kappa shape index (κ1) is 9.58. The van der Waals surface area contributed by atoms with Gasteiger partial charge in [0.25, 0.3) is 0 Å². The molecule has 0 radical (unpaired) electrons. The molecule has 70 valence electrons. The molecule has 0 bridgehead atoms. The van der Waals surface area contributed by atoms with Gasteiger partial charge in [0.2, 0.25) is 5.91 Å². The van der Waals surface area contributed by atoms with Crippen molar-refractivity contribution in [3.8, 4) is 5.75 Å². The Hall–Kier alpha value is -1.51. The van der Waals surface area contributed by atoms with E-state index in [4.69, 9.17) is 0 Å². The molecule has 0 aliphatic carbocycles. The van der Waals surface area contributed by atoms with E-state index in [0.29, 0.717) is 6.42 Å². The van der Waals surface area contributed by atoms with Crippen LogP contribution in [0.25, 0.3) is 0 Å². The van der Waals surface area contributed by atoms with Crippen LogP contribution in [-0.2, 0) is 11.2 Å². The number of rotatable bonds is 2. The second-order valence-corrected chi connectivity index (χ2v) is 2.97. The minimum absolute atomic E-state index is 0.0231. The number of phenolic OH excluding ortho intramolecular Hbond substituents is 1. The molecule has 0 saturated carbocycles. The summed E-state index contributed by atoms with van der Waals surface area (Å²) >= 11 is 0. The molecule has 0 heterocycles. The molecule has 0 aliphatic rings. The maximum atomic E-state index is 11.0. The lowest BCUT2D eigenvalue weighted by Gasteiger charge is -2.03. The number of carbonyl (C=O) groups excluding carboxylic acids is 1. The summed E-state index contributed by atoms with van der Waals surface area (Å²) in [5.41, 5.74) is 1.70. The van der Waals surface area contributed by atoms with E-state index in [0.717, 1.165) is 11.1 Å². The molecule has 3 heteroatoms. The summed E-state index contributed by atoms with van der Waals surface area (Å²) in [5.74, 6) is 0.241. The van der Waals surface area contributed by atoms with Crippen molar-refractivity contribution in [2.24, 2.45) is 0 Å². The molecule has 0 saturated heterocycles. The number of nitrogens with one attached hydrogen (secondary N) is 1. The van der Waals surface area contributed by atoms with Crippen LogP contribution in [0.5, 0.6) is 5.75 Å². The van der Waals surface area contributed by atoms with Crippen LogP contribution in [0.15, 0.2) is 18.2 Å². The molecule has 0 spiro atoms. The lowest BCUT2D eigenvalue weighted by Crippen LogP contribution is -2.19. The molecule has 0 aromatic heterocycles. The largest absolute Gasteiger partial charge is 0.508 e. The molecule has 0 aliphatic heterocycles. The van der Waals surface area contributed by atoms with Crippen molar-refractivity contribution in [3.05, 3.63) is 29.3 Å². The average Bonchev–Trinajstić information content (AvgIpc) is 2.11. The fourth-order valence-electron chi connectivity index (χ4n) is 1.10. The number of hydrogen-bond acceptors (Lipinski definition) is 2. The third-order valence-corrected chi connectivity index (χ3v) is 1.90. The number of hydrogen-bond donors (Lipinski definition) is 2. The molecular formula is C10H13NO2. The molecule has 3 nitrogen and oxygen atoms in total. The third kappa shape index (κ3) is 2.47. The predicted octanol–water partition coefficient (Wildman–Crippen LogP) is 0.989. The van der Waals surface area contributed by atoms with Gasteiger partial charge >= 0.3 is 0 Å². The smallest absolute Gasteiger partial charge is 0.224 e. The lowest BCUT2D eigenvalue weighted by molar-refractivity contribution is -0.119. The van der Waals surface area contributed by atoms with Gasteiger partial charge in [-0.15, -0.1) is 0 Å². The van der Waals surface area contributed by atoms with Crippen LogP contribution < -0.4 is 5.32 Å². The zero-order valence-corrected chi connectivity index (χ0v) is 7.79. The molecule has 1 amide bonds. The fraction of sp³-hybridized carbons (Fsp3) is 0.300. The van der Waals surface area contributed by atoms with Gasteiger partial charge in [0.05, 0.1) is 6.42 Å². The molecule has 0 unspecified atom stereocenters. The summed E-state index contributed by atoms with van der Waals surface area (Å²) < 4.78 is 0. The summed E-state index contributed by atoms with van der Waals surface area (Å²) in [5, 5.41) is 11.8. The van der Waals surface area contributed by atoms with Crippen LogP contribution in [0.4, 0.5) is 0 Å². The summed E-state index contributed by atoms with van der Waals surface area (Å²) in [7, 11) is 1.61. The van der Waals surface area contributed by atoms with E-state index in [1.165, 1.54) is 0 Å². The number of likely N-dealkylation sites (N-methyl/N-ethyl adjacent to an activating group) is 1. The highest BCUT2D eigenvalue weighted by molar-refractivity contribution is 5.78. The monoisotopic (exact) mass is 179 g/mol. The maximum absolute atomic E-state index is 11.0. The molecule has 1 aromatic rings. The van der Waals surface area contributed by atoms with Crippen molar-refractivity contribution in [2.45, 2.75) is 13.3 Å². The Morgan fingerprint density at radius 1 is 1.54 bits per heavy atom. The van der Waals surface area contributed by atoms with Crippen LogP contribution in [0.2, 0.25) is 0 Å². The van der Waals surface area contributed by atoms with Gasteiger partial charge in [0.1, 0.15) is 5.75 Å². The van der Waals surface area contributed by atoms with E-state index in [-0.39, 0.29) is 11.7 Å². The topological polar surface area (TPSA) is 49.3 Å². The highest BCUT2D eigenvalue weighted by Crippen LogP contribution is 2.16. The Balaban J connectivity index is 2.79. The van der Waals surface area contributed by atoms with E-state index in [1.54, 1.807) is 19.2 Å². The SMILES string of the molecule is CNC(=O)Cc1ccc(O)c(C)c1. The van der Waals surface area contributed by atoms with Gasteiger partial charge in [0, 0.05) is 7.05 Å². The second-order valence-electron chi connectivity index (χ2n) is 2.97. The molecule has 2 N–H and O–H groups in total. The molecule has 0 fully saturated rings. The van der Waals surface area contributed by atoms with Gasteiger partial charge in [-0.05, 0) is 24.1 Å². The lowest BCUT2D eigenvalue weighted by atomic mass is 10.1. The Morgan fingerprint density at radius 2 is 2.23 bits per heavy atom. The summed E-state index contributed by atoms with van der Waals surface area (Å²) in [4.78, 5) is 11.0. The minimum Gasteiger partial charge on any atom is -0.508 e. The molecule has 1 aromatic carbocycles. The minimum atomic E-state index is -0.0231. The molecular weight excluding hydrogens is 166 g/mol. The fourth-order valence-corrected chi connectivity index (χ4v) is 1.10. The van der Waals surface area contributed by atoms with E-state index < -0.39 is 0 Å². The Kier molecular flexibility index (Phi) is 2.90. The molecule has 0 atom stereocenters. The van der Waals surface area contributed by atoms with Gasteiger partial charge in [-0.3, -0.25) is 4.79 Å². The maximum Gasteiger partial charge on any atom is 0.224 e. The average molecular weight is 179 g/mol.